The van der Waals surface area contributed by atoms with Crippen molar-refractivity contribution in [2.75, 3.05) is 112 Å². The van der Waals surface area contributed by atoms with Crippen molar-refractivity contribution in [3.63, 3.8) is 0 Å². The lowest BCUT2D eigenvalue weighted by molar-refractivity contribution is -0.142. The molecule has 0 bridgehead atoms. The van der Waals surface area contributed by atoms with Gasteiger partial charge in [0.15, 0.2) is 0 Å². The van der Waals surface area contributed by atoms with Gasteiger partial charge < -0.3 is 47.7 Å². The molecule has 0 aliphatic rings. The molecule has 0 fully saturated rings. The van der Waals surface area contributed by atoms with Crippen LogP contribution < -0.4 is 0 Å². The van der Waals surface area contributed by atoms with Gasteiger partial charge in [0.1, 0.15) is 12.2 Å². The van der Waals surface area contributed by atoms with Crippen LogP contribution in [0.5, 0.6) is 0 Å². The first-order chi connectivity index (χ1) is 23.7. The van der Waals surface area contributed by atoms with Crippen molar-refractivity contribution < 1.29 is 52.5 Å². The van der Waals surface area contributed by atoms with Gasteiger partial charge in [-0.1, -0.05) is 91.0 Å². The molecule has 1 N–H and O–H groups in total. The largest absolute Gasteiger partial charge is 0.480 e. The van der Waals surface area contributed by atoms with Gasteiger partial charge in [0, 0.05) is 0 Å². The minimum atomic E-state index is -0.995. The summed E-state index contributed by atoms with van der Waals surface area (Å²) in [7, 11) is 0. The molecule has 11 nitrogen and oxygen atoms in total. The number of hydrogen-bond donors (Lipinski definition) is 1. The maximum atomic E-state index is 10.3. The Balaban J connectivity index is 1.14. The third-order valence-electron chi connectivity index (χ3n) is 6.92. The van der Waals surface area contributed by atoms with Crippen LogP contribution in [0.4, 0.5) is 0 Å². The third kappa shape index (κ3) is 15.8. The second-order valence-electron chi connectivity index (χ2n) is 10.4. The van der Waals surface area contributed by atoms with Crippen molar-refractivity contribution in [3.8, 4) is 0 Å². The maximum absolute atomic E-state index is 10.3. The van der Waals surface area contributed by atoms with Crippen molar-refractivity contribution in [3.05, 3.63) is 108 Å². The van der Waals surface area contributed by atoms with E-state index < -0.39 is 11.6 Å². The third-order valence-corrected chi connectivity index (χ3v) is 6.92. The van der Waals surface area contributed by atoms with Gasteiger partial charge in [-0.3, -0.25) is 0 Å². The summed E-state index contributed by atoms with van der Waals surface area (Å²) in [5, 5.41) is 8.45. The first-order valence-corrected chi connectivity index (χ1v) is 16.4. The highest BCUT2D eigenvalue weighted by Gasteiger charge is 2.37. The van der Waals surface area contributed by atoms with E-state index in [-0.39, 0.29) is 13.2 Å². The number of carbonyl (C=O) groups is 1. The summed E-state index contributed by atoms with van der Waals surface area (Å²) in [5.41, 5.74) is 2.43. The predicted molar refractivity (Wildman–Crippen MR) is 179 cm³/mol. The minimum absolute atomic E-state index is 0.240. The zero-order valence-corrected chi connectivity index (χ0v) is 27.7. The number of carboxylic acids is 1. The number of carboxylic acid groups (broad SMARTS) is 1. The van der Waals surface area contributed by atoms with Crippen LogP contribution in [0.25, 0.3) is 0 Å². The van der Waals surface area contributed by atoms with Crippen LogP contribution >= 0.6 is 0 Å². The summed E-state index contributed by atoms with van der Waals surface area (Å²) >= 11 is 0. The topological polar surface area (TPSA) is 120 Å². The van der Waals surface area contributed by atoms with Gasteiger partial charge in [0.25, 0.3) is 0 Å². The molecule has 3 aromatic carbocycles. The van der Waals surface area contributed by atoms with Crippen molar-refractivity contribution in [1.82, 2.24) is 0 Å². The zero-order chi connectivity index (χ0) is 33.8. The van der Waals surface area contributed by atoms with E-state index in [0.29, 0.717) is 99.1 Å². The van der Waals surface area contributed by atoms with Crippen molar-refractivity contribution in [2.24, 2.45) is 0 Å². The van der Waals surface area contributed by atoms with E-state index in [2.05, 4.69) is 36.4 Å². The molecule has 0 spiro atoms. The number of aliphatic carboxylic acids is 1. The average molecular weight is 671 g/mol. The average Bonchev–Trinajstić information content (AvgIpc) is 3.12. The van der Waals surface area contributed by atoms with Gasteiger partial charge in [-0.25, -0.2) is 4.79 Å². The summed E-state index contributed by atoms with van der Waals surface area (Å²) in [6, 6.07) is 30.9. The van der Waals surface area contributed by atoms with Crippen molar-refractivity contribution in [2.45, 2.75) is 5.60 Å². The summed E-state index contributed by atoms with van der Waals surface area (Å²) in [6.45, 7) is 6.66. The Hall–Kier alpha value is -3.23. The van der Waals surface area contributed by atoms with Gasteiger partial charge >= 0.3 is 5.97 Å². The molecule has 0 amide bonds. The molecule has 0 saturated heterocycles. The lowest BCUT2D eigenvalue weighted by Crippen LogP contribution is -2.34. The monoisotopic (exact) mass is 670 g/mol. The van der Waals surface area contributed by atoms with Crippen LogP contribution in [0.1, 0.15) is 16.7 Å². The molecule has 0 unspecified atom stereocenters. The lowest BCUT2D eigenvalue weighted by Gasteiger charge is -2.36. The minimum Gasteiger partial charge on any atom is -0.480 e. The Morgan fingerprint density at radius 2 is 0.646 bits per heavy atom. The fourth-order valence-corrected chi connectivity index (χ4v) is 4.72. The molecular formula is C37H50O11. The van der Waals surface area contributed by atoms with E-state index in [1.54, 1.807) is 0 Å². The number of ether oxygens (including phenoxy) is 9. The SMILES string of the molecule is O=C(O)COCCOCCOCCOCCOCCOCCOCCOCCOC(c1ccccc1)(c1ccccc1)c1ccccc1. The predicted octanol–water partition coefficient (Wildman–Crippen LogP) is 4.21. The van der Waals surface area contributed by atoms with E-state index in [9.17, 15) is 4.79 Å². The lowest BCUT2D eigenvalue weighted by atomic mass is 9.80. The molecule has 0 aromatic heterocycles. The maximum Gasteiger partial charge on any atom is 0.329 e. The Morgan fingerprint density at radius 3 is 0.917 bits per heavy atom. The van der Waals surface area contributed by atoms with Gasteiger partial charge in [-0.2, -0.15) is 0 Å². The standard InChI is InChI=1S/C37H50O11/c38-36(39)32-47-29-28-45-25-24-43-21-20-41-17-16-40-18-19-42-22-23-44-26-27-46-30-31-48-37(33-10-4-1-5-11-33,34-12-6-2-7-13-34)35-14-8-3-9-15-35/h1-15H,16-32H2,(H,38,39). The summed E-state index contributed by atoms with van der Waals surface area (Å²) in [4.78, 5) is 10.3. The molecule has 0 aliphatic carbocycles. The fourth-order valence-electron chi connectivity index (χ4n) is 4.72. The number of hydrogen-bond acceptors (Lipinski definition) is 10. The van der Waals surface area contributed by atoms with E-state index >= 15 is 0 Å². The highest BCUT2D eigenvalue weighted by Crippen LogP contribution is 2.40. The van der Waals surface area contributed by atoms with E-state index in [1.807, 2.05) is 54.6 Å². The zero-order valence-electron chi connectivity index (χ0n) is 27.7. The van der Waals surface area contributed by atoms with Crippen molar-refractivity contribution >= 4 is 5.97 Å². The van der Waals surface area contributed by atoms with Gasteiger partial charge in [0.05, 0.1) is 106 Å². The van der Waals surface area contributed by atoms with E-state index in [4.69, 9.17) is 47.7 Å². The highest BCUT2D eigenvalue weighted by atomic mass is 16.6. The van der Waals surface area contributed by atoms with E-state index in [0.717, 1.165) is 16.7 Å². The van der Waals surface area contributed by atoms with Gasteiger partial charge in [-0.15, -0.1) is 0 Å². The summed E-state index contributed by atoms with van der Waals surface area (Å²) in [6.07, 6.45) is 0. The number of rotatable bonds is 30. The molecule has 264 valence electrons. The van der Waals surface area contributed by atoms with Gasteiger partial charge in [0.2, 0.25) is 0 Å². The van der Waals surface area contributed by atoms with Crippen LogP contribution in [0.3, 0.4) is 0 Å². The Kier molecular flexibility index (Phi) is 21.0. The van der Waals surface area contributed by atoms with Gasteiger partial charge in [-0.05, 0) is 16.7 Å². The molecular weight excluding hydrogens is 620 g/mol. The molecule has 0 atom stereocenters. The van der Waals surface area contributed by atoms with Crippen LogP contribution in [-0.2, 0) is 53.0 Å². The van der Waals surface area contributed by atoms with Crippen molar-refractivity contribution in [1.29, 1.82) is 0 Å². The molecule has 48 heavy (non-hydrogen) atoms. The number of benzene rings is 3. The molecule has 11 heteroatoms. The first kappa shape index (κ1) is 39.2. The van der Waals surface area contributed by atoms with Crippen LogP contribution in [0, 0.1) is 0 Å². The first-order valence-electron chi connectivity index (χ1n) is 16.4. The summed E-state index contributed by atoms with van der Waals surface area (Å²) in [5.74, 6) is -0.995. The van der Waals surface area contributed by atoms with Crippen LogP contribution in [-0.4, -0.2) is 123 Å². The summed E-state index contributed by atoms with van der Waals surface area (Å²) < 4.78 is 50.2. The molecule has 3 rings (SSSR count). The molecule has 3 aromatic rings. The normalized spacial score (nSPS) is 11.6. The second kappa shape index (κ2) is 25.7. The Labute approximate surface area is 283 Å². The Bertz CT molecular complexity index is 1090. The highest BCUT2D eigenvalue weighted by molar-refractivity contribution is 5.67. The van der Waals surface area contributed by atoms with Crippen LogP contribution in [0.15, 0.2) is 91.0 Å². The molecule has 0 radical (unpaired) electrons. The quantitative estimate of drug-likeness (QED) is 0.0812. The smallest absolute Gasteiger partial charge is 0.329 e. The second-order valence-corrected chi connectivity index (χ2v) is 10.4. The van der Waals surface area contributed by atoms with E-state index in [1.165, 1.54) is 0 Å². The molecule has 0 heterocycles. The molecule has 0 saturated carbocycles. The molecule has 0 aliphatic heterocycles. The Morgan fingerprint density at radius 1 is 0.396 bits per heavy atom. The van der Waals surface area contributed by atoms with Crippen LogP contribution in [0.2, 0.25) is 0 Å². The fraction of sp³-hybridized carbons (Fsp3) is 0.486.